The van der Waals surface area contributed by atoms with E-state index in [4.69, 9.17) is 0 Å². The Morgan fingerprint density at radius 1 is 1.21 bits per heavy atom. The average Bonchev–Trinajstić information content (AvgIpc) is 2.72. The number of thioether (sulfide) groups is 1. The maximum atomic E-state index is 13.7. The Bertz CT molecular complexity index is 1200. The second-order valence-corrected chi connectivity index (χ2v) is 7.37. The zero-order chi connectivity index (χ0) is 21.1. The van der Waals surface area contributed by atoms with Crippen LogP contribution < -0.4 is 16.6 Å². The lowest BCUT2D eigenvalue weighted by molar-refractivity contribution is -0.118. The summed E-state index contributed by atoms with van der Waals surface area (Å²) in [6.45, 7) is 2.50. The van der Waals surface area contributed by atoms with E-state index in [1.54, 1.807) is 6.07 Å². The van der Waals surface area contributed by atoms with Gasteiger partial charge in [0.05, 0.1) is 5.75 Å². The predicted octanol–water partition coefficient (Wildman–Crippen LogP) is 1.45. The van der Waals surface area contributed by atoms with Gasteiger partial charge in [-0.05, 0) is 18.6 Å². The van der Waals surface area contributed by atoms with Gasteiger partial charge in [-0.15, -0.1) is 0 Å². The van der Waals surface area contributed by atoms with Crippen LogP contribution in [0.5, 0.6) is 0 Å². The molecule has 0 unspecified atom stereocenters. The van der Waals surface area contributed by atoms with Crippen molar-refractivity contribution in [2.45, 2.75) is 18.4 Å². The molecule has 0 bridgehead atoms. The first kappa shape index (κ1) is 20.7. The van der Waals surface area contributed by atoms with Gasteiger partial charge in [0.25, 0.3) is 5.56 Å². The van der Waals surface area contributed by atoms with Crippen molar-refractivity contribution in [3.8, 4) is 11.4 Å². The van der Waals surface area contributed by atoms with Crippen LogP contribution >= 0.6 is 11.8 Å². The summed E-state index contributed by atoms with van der Waals surface area (Å²) < 4.78 is 15.9. The highest BCUT2D eigenvalue weighted by Crippen LogP contribution is 2.26. The molecule has 1 aromatic carbocycles. The van der Waals surface area contributed by atoms with E-state index in [2.05, 4.69) is 15.3 Å². The molecule has 0 aliphatic heterocycles. The van der Waals surface area contributed by atoms with E-state index in [0.717, 1.165) is 22.7 Å². The van der Waals surface area contributed by atoms with Crippen molar-refractivity contribution in [2.75, 3.05) is 12.3 Å². The van der Waals surface area contributed by atoms with Crippen LogP contribution in [0, 0.1) is 5.82 Å². The Kier molecular flexibility index (Phi) is 6.12. The molecule has 3 rings (SSSR count). The molecule has 0 aliphatic carbocycles. The Balaban J connectivity index is 2.19. The molecule has 0 atom stereocenters. The molecule has 8 nitrogen and oxygen atoms in total. The van der Waals surface area contributed by atoms with Gasteiger partial charge < -0.3 is 5.32 Å². The van der Waals surface area contributed by atoms with Crippen molar-refractivity contribution in [2.24, 2.45) is 14.1 Å². The number of aryl methyl sites for hydroxylation is 1. The minimum atomic E-state index is -0.551. The number of aromatic nitrogens is 4. The van der Waals surface area contributed by atoms with Crippen LogP contribution in [-0.2, 0) is 18.9 Å². The van der Waals surface area contributed by atoms with Crippen LogP contribution in [0.4, 0.5) is 4.39 Å². The summed E-state index contributed by atoms with van der Waals surface area (Å²) in [6.07, 6.45) is 0.805. The van der Waals surface area contributed by atoms with Crippen molar-refractivity contribution < 1.29 is 9.18 Å². The van der Waals surface area contributed by atoms with E-state index >= 15 is 0 Å². The van der Waals surface area contributed by atoms with Crippen LogP contribution in [0.3, 0.4) is 0 Å². The second kappa shape index (κ2) is 8.56. The monoisotopic (exact) mass is 417 g/mol. The number of hydrogen-bond donors (Lipinski definition) is 1. The summed E-state index contributed by atoms with van der Waals surface area (Å²) in [5.74, 6) is -0.452. The highest BCUT2D eigenvalue weighted by molar-refractivity contribution is 8.00. The Labute approximate surface area is 169 Å². The van der Waals surface area contributed by atoms with Gasteiger partial charge >= 0.3 is 5.69 Å². The number of carbonyl (C=O) groups is 1. The fraction of sp³-hybridized carbons (Fsp3) is 0.316. The average molecular weight is 417 g/mol. The Hall–Kier alpha value is -3.01. The number of amides is 1. The topological polar surface area (TPSA) is 98.9 Å². The normalized spacial score (nSPS) is 11.0. The van der Waals surface area contributed by atoms with Crippen LogP contribution in [0.25, 0.3) is 22.4 Å². The third kappa shape index (κ3) is 4.21. The van der Waals surface area contributed by atoms with Crippen molar-refractivity contribution in [3.63, 3.8) is 0 Å². The van der Waals surface area contributed by atoms with E-state index in [0.29, 0.717) is 12.1 Å². The molecule has 29 heavy (non-hydrogen) atoms. The first-order valence-corrected chi connectivity index (χ1v) is 9.95. The zero-order valence-corrected chi connectivity index (χ0v) is 17.0. The summed E-state index contributed by atoms with van der Waals surface area (Å²) in [5, 5.41) is 3.16. The molecule has 0 saturated heterocycles. The third-order valence-electron chi connectivity index (χ3n) is 4.26. The lowest BCUT2D eigenvalue weighted by atomic mass is 10.2. The number of hydrogen-bond acceptors (Lipinski definition) is 6. The summed E-state index contributed by atoms with van der Waals surface area (Å²) in [6, 6.07) is 5.71. The maximum absolute atomic E-state index is 13.7. The van der Waals surface area contributed by atoms with Gasteiger partial charge in [-0.25, -0.2) is 19.2 Å². The van der Waals surface area contributed by atoms with Gasteiger partial charge in [0.2, 0.25) is 5.91 Å². The number of carbonyl (C=O) groups excluding carboxylic acids is 1. The number of nitrogens with zero attached hydrogens (tertiary/aromatic N) is 4. The quantitative estimate of drug-likeness (QED) is 0.482. The fourth-order valence-electron chi connectivity index (χ4n) is 2.74. The van der Waals surface area contributed by atoms with E-state index in [9.17, 15) is 18.8 Å². The number of fused-ring (bicyclic) bond motifs is 1. The highest BCUT2D eigenvalue weighted by atomic mass is 32.2. The third-order valence-corrected chi connectivity index (χ3v) is 5.24. The van der Waals surface area contributed by atoms with E-state index in [-0.39, 0.29) is 33.5 Å². The number of halogens is 1. The minimum Gasteiger partial charge on any atom is -0.355 e. The molecule has 0 radical (unpaired) electrons. The fourth-order valence-corrected chi connectivity index (χ4v) is 3.58. The first-order chi connectivity index (χ1) is 13.8. The molecule has 0 fully saturated rings. The maximum Gasteiger partial charge on any atom is 0.332 e. The summed E-state index contributed by atoms with van der Waals surface area (Å²) in [4.78, 5) is 45.9. The first-order valence-electron chi connectivity index (χ1n) is 8.96. The molecule has 2 aromatic heterocycles. The standard InChI is InChI=1S/C19H20FN5O3S/c1-4-8-21-13(26)10-29-17-14-16(24(2)19(28)25(3)18(14)27)22-15(23-17)11-6-5-7-12(20)9-11/h5-7,9H,4,8,10H2,1-3H3,(H,21,26). The second-order valence-electron chi connectivity index (χ2n) is 6.41. The van der Waals surface area contributed by atoms with Gasteiger partial charge in [-0.1, -0.05) is 30.8 Å². The SMILES string of the molecule is CCCNC(=O)CSc1nc(-c2cccc(F)c2)nc2c1c(=O)n(C)c(=O)n2C. The van der Waals surface area contributed by atoms with E-state index in [1.165, 1.54) is 36.9 Å². The molecule has 1 N–H and O–H groups in total. The van der Waals surface area contributed by atoms with Crippen LogP contribution in [0.2, 0.25) is 0 Å². The largest absolute Gasteiger partial charge is 0.355 e. The lowest BCUT2D eigenvalue weighted by Crippen LogP contribution is -2.37. The highest BCUT2D eigenvalue weighted by Gasteiger charge is 2.19. The van der Waals surface area contributed by atoms with Crippen molar-refractivity contribution >= 4 is 28.7 Å². The van der Waals surface area contributed by atoms with Gasteiger partial charge in [0.1, 0.15) is 16.2 Å². The lowest BCUT2D eigenvalue weighted by Gasteiger charge is -2.12. The van der Waals surface area contributed by atoms with Crippen molar-refractivity contribution in [1.82, 2.24) is 24.4 Å². The Morgan fingerprint density at radius 2 is 1.97 bits per heavy atom. The van der Waals surface area contributed by atoms with E-state index in [1.807, 2.05) is 6.92 Å². The van der Waals surface area contributed by atoms with Crippen LogP contribution in [0.15, 0.2) is 38.9 Å². The number of nitrogens with one attached hydrogen (secondary N) is 1. The van der Waals surface area contributed by atoms with Crippen LogP contribution in [-0.4, -0.2) is 37.3 Å². The van der Waals surface area contributed by atoms with Gasteiger partial charge in [-0.2, -0.15) is 0 Å². The molecular formula is C19H20FN5O3S. The molecule has 1 amide bonds. The summed E-state index contributed by atoms with van der Waals surface area (Å²) in [7, 11) is 2.86. The Morgan fingerprint density at radius 3 is 2.66 bits per heavy atom. The smallest absolute Gasteiger partial charge is 0.332 e. The predicted molar refractivity (Wildman–Crippen MR) is 109 cm³/mol. The van der Waals surface area contributed by atoms with Crippen molar-refractivity contribution in [3.05, 3.63) is 50.9 Å². The van der Waals surface area contributed by atoms with Gasteiger partial charge in [0, 0.05) is 26.2 Å². The van der Waals surface area contributed by atoms with E-state index < -0.39 is 17.1 Å². The molecule has 10 heteroatoms. The van der Waals surface area contributed by atoms with Gasteiger partial charge in [-0.3, -0.25) is 18.7 Å². The van der Waals surface area contributed by atoms with Crippen molar-refractivity contribution in [1.29, 1.82) is 0 Å². The molecule has 0 aliphatic rings. The molecule has 2 heterocycles. The summed E-state index contributed by atoms with van der Waals surface area (Å²) >= 11 is 1.07. The molecule has 0 saturated carbocycles. The molecule has 3 aromatic rings. The number of benzene rings is 1. The zero-order valence-electron chi connectivity index (χ0n) is 16.2. The summed E-state index contributed by atoms with van der Waals surface area (Å²) in [5.41, 5.74) is -0.561. The molecular weight excluding hydrogens is 397 g/mol. The van der Waals surface area contributed by atoms with Gasteiger partial charge in [0.15, 0.2) is 11.5 Å². The molecule has 0 spiro atoms. The minimum absolute atomic E-state index is 0.0424. The number of rotatable bonds is 6. The molecule has 152 valence electrons. The van der Waals surface area contributed by atoms with Crippen LogP contribution in [0.1, 0.15) is 13.3 Å².